The Morgan fingerprint density at radius 3 is 1.95 bits per heavy atom. The first-order chi connectivity index (χ1) is 9.87. The first-order valence-corrected chi connectivity index (χ1v) is 7.08. The van der Waals surface area contributed by atoms with Crippen LogP contribution in [0.4, 0.5) is 0 Å². The van der Waals surface area contributed by atoms with E-state index in [4.69, 9.17) is 5.11 Å². The summed E-state index contributed by atoms with van der Waals surface area (Å²) in [6, 6.07) is 3.65. The van der Waals surface area contributed by atoms with Crippen LogP contribution in [0.25, 0.3) is 0 Å². The van der Waals surface area contributed by atoms with Crippen LogP contribution in [0.3, 0.4) is 0 Å². The molecule has 0 aromatic heterocycles. The average molecular weight is 287 g/mol. The Labute approximate surface area is 122 Å². The second-order valence-corrected chi connectivity index (χ2v) is 6.04. The molecule has 0 atom stereocenters. The molecule has 1 heterocycles. The molecule has 1 fully saturated rings. The number of aliphatic carboxylic acids is 1. The zero-order valence-electron chi connectivity index (χ0n) is 12.1. The van der Waals surface area contributed by atoms with Crippen molar-refractivity contribution in [2.75, 3.05) is 0 Å². The van der Waals surface area contributed by atoms with Gasteiger partial charge in [0.15, 0.2) is 0 Å². The first-order valence-electron chi connectivity index (χ1n) is 7.08. The van der Waals surface area contributed by atoms with Gasteiger partial charge in [0.1, 0.15) is 0 Å². The Kier molecular flexibility index (Phi) is 2.90. The van der Waals surface area contributed by atoms with Gasteiger partial charge in [-0.15, -0.1) is 0 Å². The van der Waals surface area contributed by atoms with E-state index in [9.17, 15) is 14.4 Å². The van der Waals surface area contributed by atoms with Crippen molar-refractivity contribution in [1.82, 2.24) is 4.90 Å². The van der Waals surface area contributed by atoms with Gasteiger partial charge in [-0.3, -0.25) is 19.3 Å². The molecule has 2 aliphatic rings. The summed E-state index contributed by atoms with van der Waals surface area (Å²) in [6.07, 6.45) is 1.82. The van der Waals surface area contributed by atoms with Gasteiger partial charge in [0, 0.05) is 0 Å². The van der Waals surface area contributed by atoms with Gasteiger partial charge in [0.25, 0.3) is 11.8 Å². The highest BCUT2D eigenvalue weighted by molar-refractivity contribution is 6.23. The lowest BCUT2D eigenvalue weighted by Crippen LogP contribution is -2.57. The molecule has 3 rings (SSSR count). The number of carboxylic acid groups (broad SMARTS) is 1. The molecule has 0 bridgehead atoms. The van der Waals surface area contributed by atoms with Crippen LogP contribution < -0.4 is 0 Å². The minimum absolute atomic E-state index is 0.170. The molecule has 0 radical (unpaired) electrons. The second kappa shape index (κ2) is 4.41. The standard InChI is InChI=1S/C16H17NO4/c1-9-4-5-10(2)13-12(9)14(20)17(15(13)21)16(6-3-7-16)8-11(18)19/h4-5H,3,6-8H2,1-2H3,(H,18,19). The molecular formula is C16H17NO4. The molecule has 21 heavy (non-hydrogen) atoms. The van der Waals surface area contributed by atoms with Crippen LogP contribution in [0.1, 0.15) is 57.5 Å². The van der Waals surface area contributed by atoms with E-state index in [0.717, 1.165) is 17.5 Å². The number of hydrogen-bond acceptors (Lipinski definition) is 3. The van der Waals surface area contributed by atoms with E-state index >= 15 is 0 Å². The normalized spacial score (nSPS) is 19.4. The van der Waals surface area contributed by atoms with Gasteiger partial charge in [0.2, 0.25) is 0 Å². The number of imide groups is 1. The summed E-state index contributed by atoms with van der Waals surface area (Å²) in [5.74, 6) is -1.64. The highest BCUT2D eigenvalue weighted by Crippen LogP contribution is 2.45. The summed E-state index contributed by atoms with van der Waals surface area (Å²) >= 11 is 0. The molecule has 0 saturated heterocycles. The molecule has 110 valence electrons. The lowest BCUT2D eigenvalue weighted by molar-refractivity contribution is -0.141. The van der Waals surface area contributed by atoms with Crippen LogP contribution in [0, 0.1) is 13.8 Å². The van der Waals surface area contributed by atoms with E-state index in [-0.39, 0.29) is 18.2 Å². The zero-order valence-corrected chi connectivity index (χ0v) is 12.1. The number of carbonyl (C=O) groups excluding carboxylic acids is 2. The van der Waals surface area contributed by atoms with Gasteiger partial charge in [-0.05, 0) is 44.2 Å². The lowest BCUT2D eigenvalue weighted by atomic mass is 9.73. The van der Waals surface area contributed by atoms with Gasteiger partial charge in [0.05, 0.1) is 23.1 Å². The molecule has 5 nitrogen and oxygen atoms in total. The summed E-state index contributed by atoms with van der Waals surface area (Å²) in [4.78, 5) is 37.8. The van der Waals surface area contributed by atoms with Gasteiger partial charge in [-0.2, -0.15) is 0 Å². The minimum atomic E-state index is -0.972. The predicted octanol–water partition coefficient (Wildman–Crippen LogP) is 2.30. The highest BCUT2D eigenvalue weighted by Gasteiger charge is 2.53. The van der Waals surface area contributed by atoms with Gasteiger partial charge in [-0.1, -0.05) is 12.1 Å². The largest absolute Gasteiger partial charge is 0.481 e. The van der Waals surface area contributed by atoms with Crippen molar-refractivity contribution in [3.8, 4) is 0 Å². The molecule has 2 amide bonds. The van der Waals surface area contributed by atoms with Crippen LogP contribution in [0.2, 0.25) is 0 Å². The van der Waals surface area contributed by atoms with Gasteiger partial charge < -0.3 is 5.11 Å². The van der Waals surface area contributed by atoms with Crippen LogP contribution in [0.5, 0.6) is 0 Å². The molecule has 1 aromatic rings. The molecule has 0 spiro atoms. The third kappa shape index (κ3) is 1.80. The third-order valence-electron chi connectivity index (χ3n) is 4.69. The number of nitrogens with zero attached hydrogens (tertiary/aromatic N) is 1. The van der Waals surface area contributed by atoms with Crippen molar-refractivity contribution in [1.29, 1.82) is 0 Å². The predicted molar refractivity (Wildman–Crippen MR) is 75.3 cm³/mol. The molecule has 1 aromatic carbocycles. The van der Waals surface area contributed by atoms with Crippen molar-refractivity contribution in [2.45, 2.75) is 45.1 Å². The van der Waals surface area contributed by atoms with E-state index in [0.29, 0.717) is 24.0 Å². The lowest BCUT2D eigenvalue weighted by Gasteiger charge is -2.46. The van der Waals surface area contributed by atoms with Gasteiger partial charge >= 0.3 is 5.97 Å². The number of amides is 2. The Morgan fingerprint density at radius 1 is 1.14 bits per heavy atom. The quantitative estimate of drug-likeness (QED) is 0.866. The maximum Gasteiger partial charge on any atom is 0.305 e. The third-order valence-corrected chi connectivity index (χ3v) is 4.69. The summed E-state index contributed by atoms with van der Waals surface area (Å²) in [6.45, 7) is 3.61. The SMILES string of the molecule is Cc1ccc(C)c2c1C(=O)N(C1(CC(=O)O)CCC1)C2=O. The number of rotatable bonds is 3. The number of hydrogen-bond donors (Lipinski definition) is 1. The summed E-state index contributed by atoms with van der Waals surface area (Å²) in [5.41, 5.74) is 1.58. The molecule has 0 unspecified atom stereocenters. The number of aryl methyl sites for hydroxylation is 2. The van der Waals surface area contributed by atoms with Crippen LogP contribution in [0.15, 0.2) is 12.1 Å². The average Bonchev–Trinajstić information content (AvgIpc) is 2.63. The fourth-order valence-electron chi connectivity index (χ4n) is 3.45. The molecule has 1 saturated carbocycles. The van der Waals surface area contributed by atoms with Crippen molar-refractivity contribution in [3.05, 3.63) is 34.4 Å². The van der Waals surface area contributed by atoms with Crippen LogP contribution >= 0.6 is 0 Å². The molecule has 1 aliphatic heterocycles. The smallest absolute Gasteiger partial charge is 0.305 e. The van der Waals surface area contributed by atoms with Crippen LogP contribution in [-0.2, 0) is 4.79 Å². The van der Waals surface area contributed by atoms with Crippen molar-refractivity contribution in [2.24, 2.45) is 0 Å². The number of carboxylic acids is 1. The summed E-state index contributed by atoms with van der Waals surface area (Å²) in [5, 5.41) is 9.12. The van der Waals surface area contributed by atoms with E-state index in [1.807, 2.05) is 12.1 Å². The van der Waals surface area contributed by atoms with Crippen LogP contribution in [-0.4, -0.2) is 33.3 Å². The Morgan fingerprint density at radius 2 is 1.62 bits per heavy atom. The summed E-state index contributed by atoms with van der Waals surface area (Å²) < 4.78 is 0. The maximum atomic E-state index is 12.7. The topological polar surface area (TPSA) is 74.7 Å². The van der Waals surface area contributed by atoms with Gasteiger partial charge in [-0.25, -0.2) is 0 Å². The zero-order chi connectivity index (χ0) is 15.4. The fraction of sp³-hybridized carbons (Fsp3) is 0.438. The Bertz CT molecular complexity index is 632. The molecule has 1 aliphatic carbocycles. The fourth-order valence-corrected chi connectivity index (χ4v) is 3.45. The number of benzene rings is 1. The Balaban J connectivity index is 2.10. The number of fused-ring (bicyclic) bond motifs is 1. The van der Waals surface area contributed by atoms with Crippen molar-refractivity contribution in [3.63, 3.8) is 0 Å². The molecular weight excluding hydrogens is 270 g/mol. The summed E-state index contributed by atoms with van der Waals surface area (Å²) in [7, 11) is 0. The second-order valence-electron chi connectivity index (χ2n) is 6.04. The highest BCUT2D eigenvalue weighted by atomic mass is 16.4. The monoisotopic (exact) mass is 287 g/mol. The van der Waals surface area contributed by atoms with E-state index < -0.39 is 11.5 Å². The number of carbonyl (C=O) groups is 3. The van der Waals surface area contributed by atoms with E-state index in [1.165, 1.54) is 4.90 Å². The Hall–Kier alpha value is -2.17. The van der Waals surface area contributed by atoms with E-state index in [1.54, 1.807) is 13.8 Å². The van der Waals surface area contributed by atoms with Crippen molar-refractivity contribution >= 4 is 17.8 Å². The van der Waals surface area contributed by atoms with Crippen molar-refractivity contribution < 1.29 is 19.5 Å². The first kappa shape index (κ1) is 13.8. The maximum absolute atomic E-state index is 12.7. The minimum Gasteiger partial charge on any atom is -0.481 e. The molecule has 5 heteroatoms. The van der Waals surface area contributed by atoms with E-state index in [2.05, 4.69) is 0 Å². The molecule has 1 N–H and O–H groups in total.